The van der Waals surface area contributed by atoms with Gasteiger partial charge in [0.1, 0.15) is 12.4 Å². The van der Waals surface area contributed by atoms with E-state index in [1.807, 2.05) is 13.0 Å². The molecule has 3 rings (SSSR count). The van der Waals surface area contributed by atoms with Gasteiger partial charge in [0.15, 0.2) is 5.82 Å². The maximum absolute atomic E-state index is 12.4. The third-order valence-electron chi connectivity index (χ3n) is 3.92. The Morgan fingerprint density at radius 3 is 2.79 bits per heavy atom. The summed E-state index contributed by atoms with van der Waals surface area (Å²) < 4.78 is 10.3. The average Bonchev–Trinajstić information content (AvgIpc) is 3.12. The number of anilines is 2. The van der Waals surface area contributed by atoms with Crippen LogP contribution in [-0.2, 0) is 4.74 Å². The Balaban J connectivity index is 1.70. The summed E-state index contributed by atoms with van der Waals surface area (Å²) >= 11 is 0. The first kappa shape index (κ1) is 19.8. The summed E-state index contributed by atoms with van der Waals surface area (Å²) in [5.41, 5.74) is 1.53. The minimum absolute atomic E-state index is 0.289. The Labute approximate surface area is 167 Å². The van der Waals surface area contributed by atoms with Gasteiger partial charge >= 0.3 is 12.0 Å². The number of methoxy groups -OCH3 is 1. The van der Waals surface area contributed by atoms with Gasteiger partial charge in [0.2, 0.25) is 0 Å². The van der Waals surface area contributed by atoms with Crippen LogP contribution in [0.1, 0.15) is 23.7 Å². The largest absolute Gasteiger partial charge is 0.481 e. The van der Waals surface area contributed by atoms with Gasteiger partial charge in [0.05, 0.1) is 18.2 Å². The number of ether oxygens (including phenoxy) is 2. The Morgan fingerprint density at radius 2 is 2.00 bits per heavy atom. The number of hydrogen-bond donors (Lipinski definition) is 3. The van der Waals surface area contributed by atoms with Crippen LogP contribution in [0, 0.1) is 11.8 Å². The van der Waals surface area contributed by atoms with E-state index >= 15 is 0 Å². The number of nitrogens with one attached hydrogen (secondary N) is 3. The molecule has 3 N–H and O–H groups in total. The lowest BCUT2D eigenvalue weighted by Crippen LogP contribution is -2.20. The monoisotopic (exact) mass is 392 g/mol. The number of aromatic amines is 1. The Hall–Kier alpha value is -3.99. The van der Waals surface area contributed by atoms with Crippen molar-refractivity contribution in [3.05, 3.63) is 48.0 Å². The summed E-state index contributed by atoms with van der Waals surface area (Å²) in [7, 11) is 1.30. The summed E-state index contributed by atoms with van der Waals surface area (Å²) in [5.74, 6) is 6.34. The van der Waals surface area contributed by atoms with E-state index < -0.39 is 12.0 Å². The van der Waals surface area contributed by atoms with Gasteiger partial charge in [-0.05, 0) is 36.4 Å². The molecule has 0 radical (unpaired) electrons. The zero-order valence-corrected chi connectivity index (χ0v) is 16.0. The Kier molecular flexibility index (Phi) is 6.32. The number of esters is 1. The van der Waals surface area contributed by atoms with Crippen LogP contribution in [-0.4, -0.2) is 35.9 Å². The number of H-pyrrole nitrogens is 1. The maximum atomic E-state index is 12.4. The topological polar surface area (TPSA) is 105 Å². The molecule has 0 aliphatic heterocycles. The van der Waals surface area contributed by atoms with Gasteiger partial charge in [0, 0.05) is 17.5 Å². The smallest absolute Gasteiger partial charge is 0.337 e. The van der Waals surface area contributed by atoms with Crippen LogP contribution in [0.2, 0.25) is 0 Å². The van der Waals surface area contributed by atoms with E-state index in [2.05, 4.69) is 37.4 Å². The third kappa shape index (κ3) is 5.05. The molecule has 0 spiro atoms. The molecule has 0 fully saturated rings. The van der Waals surface area contributed by atoms with Crippen molar-refractivity contribution in [3.8, 4) is 17.6 Å². The highest BCUT2D eigenvalue weighted by Crippen LogP contribution is 2.25. The number of benzene rings is 2. The van der Waals surface area contributed by atoms with Crippen LogP contribution in [0.5, 0.6) is 5.75 Å². The first-order valence-corrected chi connectivity index (χ1v) is 8.93. The molecule has 2 aromatic carbocycles. The van der Waals surface area contributed by atoms with Gasteiger partial charge in [-0.15, -0.1) is 5.92 Å². The Bertz CT molecular complexity index is 1090. The van der Waals surface area contributed by atoms with E-state index in [1.54, 1.807) is 30.3 Å². The van der Waals surface area contributed by atoms with Crippen molar-refractivity contribution in [3.63, 3.8) is 0 Å². The third-order valence-corrected chi connectivity index (χ3v) is 3.92. The van der Waals surface area contributed by atoms with Crippen LogP contribution in [0.15, 0.2) is 42.5 Å². The molecule has 0 bridgehead atoms. The van der Waals surface area contributed by atoms with Crippen molar-refractivity contribution >= 4 is 34.4 Å². The first-order chi connectivity index (χ1) is 14.1. The maximum Gasteiger partial charge on any atom is 0.337 e. The first-order valence-electron chi connectivity index (χ1n) is 8.93. The minimum Gasteiger partial charge on any atom is -0.481 e. The SMILES string of the molecule is CCC#CCOc1ccc2[nH]nc(NC(=O)Nc3cccc(C(=O)OC)c3)c2c1. The van der Waals surface area contributed by atoms with Crippen molar-refractivity contribution in [2.75, 3.05) is 24.4 Å². The van der Waals surface area contributed by atoms with Crippen molar-refractivity contribution < 1.29 is 19.1 Å². The number of aromatic nitrogens is 2. The van der Waals surface area contributed by atoms with Crippen molar-refractivity contribution in [2.24, 2.45) is 0 Å². The molecule has 3 aromatic rings. The van der Waals surface area contributed by atoms with Crippen LogP contribution < -0.4 is 15.4 Å². The molecule has 0 saturated heterocycles. The zero-order chi connectivity index (χ0) is 20.6. The van der Waals surface area contributed by atoms with E-state index in [4.69, 9.17) is 4.74 Å². The molecule has 0 aliphatic carbocycles. The number of urea groups is 1. The number of rotatable bonds is 5. The lowest BCUT2D eigenvalue weighted by molar-refractivity contribution is 0.0600. The molecule has 1 aromatic heterocycles. The molecular formula is C21H20N4O4. The minimum atomic E-state index is -0.499. The lowest BCUT2D eigenvalue weighted by Gasteiger charge is -2.08. The number of amides is 2. The molecule has 2 amide bonds. The molecule has 0 aliphatic rings. The Morgan fingerprint density at radius 1 is 1.14 bits per heavy atom. The second kappa shape index (κ2) is 9.28. The van der Waals surface area contributed by atoms with Crippen LogP contribution >= 0.6 is 0 Å². The number of carbonyl (C=O) groups is 2. The van der Waals surface area contributed by atoms with Gasteiger partial charge < -0.3 is 14.8 Å². The van der Waals surface area contributed by atoms with Gasteiger partial charge in [-0.2, -0.15) is 5.10 Å². The highest BCUT2D eigenvalue weighted by molar-refractivity contribution is 6.05. The van der Waals surface area contributed by atoms with Gasteiger partial charge in [-0.3, -0.25) is 10.4 Å². The molecule has 148 valence electrons. The fraction of sp³-hybridized carbons (Fsp3) is 0.190. The summed E-state index contributed by atoms with van der Waals surface area (Å²) in [6, 6.07) is 11.3. The summed E-state index contributed by atoms with van der Waals surface area (Å²) in [6.45, 7) is 2.26. The summed E-state index contributed by atoms with van der Waals surface area (Å²) in [5, 5.41) is 13.0. The van der Waals surface area contributed by atoms with Crippen molar-refractivity contribution in [1.82, 2.24) is 10.2 Å². The summed E-state index contributed by atoms with van der Waals surface area (Å²) in [4.78, 5) is 24.0. The highest BCUT2D eigenvalue weighted by Gasteiger charge is 2.12. The highest BCUT2D eigenvalue weighted by atomic mass is 16.5. The predicted octanol–water partition coefficient (Wildman–Crippen LogP) is 3.79. The van der Waals surface area contributed by atoms with Gasteiger partial charge in [0.25, 0.3) is 0 Å². The fourth-order valence-corrected chi connectivity index (χ4v) is 2.59. The molecular weight excluding hydrogens is 372 g/mol. The van der Waals surface area contributed by atoms with E-state index in [9.17, 15) is 9.59 Å². The molecule has 8 nitrogen and oxygen atoms in total. The summed E-state index contributed by atoms with van der Waals surface area (Å²) in [6.07, 6.45) is 0.774. The average molecular weight is 392 g/mol. The van der Waals surface area contributed by atoms with E-state index in [1.165, 1.54) is 13.2 Å². The van der Waals surface area contributed by atoms with Crippen molar-refractivity contribution in [1.29, 1.82) is 0 Å². The van der Waals surface area contributed by atoms with E-state index in [0.29, 0.717) is 28.2 Å². The number of carbonyl (C=O) groups excluding carboxylic acids is 2. The molecule has 0 saturated carbocycles. The normalized spacial score (nSPS) is 10.0. The molecule has 29 heavy (non-hydrogen) atoms. The number of nitrogens with zero attached hydrogens (tertiary/aromatic N) is 1. The molecule has 0 unspecified atom stereocenters. The van der Waals surface area contributed by atoms with Crippen LogP contribution in [0.4, 0.5) is 16.3 Å². The second-order valence-electron chi connectivity index (χ2n) is 5.93. The number of fused-ring (bicyclic) bond motifs is 1. The standard InChI is InChI=1S/C21H20N4O4/c1-3-4-5-11-29-16-9-10-18-17(13-16)19(25-24-18)23-21(27)22-15-8-6-7-14(12-15)20(26)28-2/h6-10,12-13H,3,11H2,1-2H3,(H3,22,23,24,25,27). The van der Waals surface area contributed by atoms with E-state index in [-0.39, 0.29) is 6.61 Å². The predicted molar refractivity (Wildman–Crippen MR) is 110 cm³/mol. The zero-order valence-electron chi connectivity index (χ0n) is 16.0. The molecule has 1 heterocycles. The van der Waals surface area contributed by atoms with Crippen molar-refractivity contribution in [2.45, 2.75) is 13.3 Å². The van der Waals surface area contributed by atoms with Crippen LogP contribution in [0.25, 0.3) is 10.9 Å². The fourth-order valence-electron chi connectivity index (χ4n) is 2.59. The molecule has 8 heteroatoms. The second-order valence-corrected chi connectivity index (χ2v) is 5.93. The molecule has 0 atom stereocenters. The number of hydrogen-bond acceptors (Lipinski definition) is 5. The lowest BCUT2D eigenvalue weighted by atomic mass is 10.2. The van der Waals surface area contributed by atoms with E-state index in [0.717, 1.165) is 11.9 Å². The van der Waals surface area contributed by atoms with Gasteiger partial charge in [-0.1, -0.05) is 18.9 Å². The van der Waals surface area contributed by atoms with Gasteiger partial charge in [-0.25, -0.2) is 9.59 Å². The quantitative estimate of drug-likeness (QED) is 0.453. The van der Waals surface area contributed by atoms with Crippen LogP contribution in [0.3, 0.4) is 0 Å².